The summed E-state index contributed by atoms with van der Waals surface area (Å²) in [5.41, 5.74) is 9.47. The Kier molecular flexibility index (Phi) is 27.9. The van der Waals surface area contributed by atoms with Crippen LogP contribution in [0.4, 0.5) is 22.7 Å². The van der Waals surface area contributed by atoms with Crippen LogP contribution in [0.3, 0.4) is 0 Å². The fourth-order valence-electron chi connectivity index (χ4n) is 10.1. The average molecular weight is 1650 g/mol. The zero-order valence-electron chi connectivity index (χ0n) is 59.5. The van der Waals surface area contributed by atoms with Gasteiger partial charge < -0.3 is 21.3 Å². The van der Waals surface area contributed by atoms with Gasteiger partial charge in [-0.15, -0.1) is 0 Å². The molecular weight excluding hydrogens is 1580 g/mol. The first-order chi connectivity index (χ1) is 52.1. The minimum Gasteiger partial charge on any atom is -0.322 e. The topological polar surface area (TPSA) is 317 Å². The molecule has 7 aromatic carbocycles. The fraction of sp³-hybridized carbons (Fsp3) is 0.113. The Morgan fingerprint density at radius 3 is 0.991 bits per heavy atom. The van der Waals surface area contributed by atoms with Crippen LogP contribution in [-0.2, 0) is 39.3 Å². The number of hydrogen-bond acceptors (Lipinski definition) is 17. The van der Waals surface area contributed by atoms with Crippen LogP contribution in [0.15, 0.2) is 269 Å². The van der Waals surface area contributed by atoms with Gasteiger partial charge in [-0.25, -0.2) is 38.7 Å². The molecule has 564 valence electrons. The number of rotatable bonds is 18. The van der Waals surface area contributed by atoms with Gasteiger partial charge in [0.2, 0.25) is 0 Å². The monoisotopic (exact) mass is 1650 g/mol. The largest absolute Gasteiger partial charge is 0.322 e. The van der Waals surface area contributed by atoms with E-state index in [1.807, 2.05) is 60.7 Å². The molecule has 5 aromatic heterocycles. The molecule has 0 bridgehead atoms. The molecule has 0 unspecified atom stereocenters. The first-order valence-corrected chi connectivity index (χ1v) is 41.8. The number of benzene rings is 7. The van der Waals surface area contributed by atoms with Gasteiger partial charge in [-0.1, -0.05) is 82.3 Å². The molecule has 0 saturated carbocycles. The summed E-state index contributed by atoms with van der Waals surface area (Å²) in [6, 6.07) is 59.5. The molecule has 0 spiro atoms. The van der Waals surface area contributed by atoms with Crippen molar-refractivity contribution in [1.82, 2.24) is 24.9 Å². The Labute approximate surface area is 662 Å². The summed E-state index contributed by atoms with van der Waals surface area (Å²) in [4.78, 5) is 71.5. The van der Waals surface area contributed by atoms with E-state index in [0.29, 0.717) is 105 Å². The third kappa shape index (κ3) is 21.9. The summed E-state index contributed by atoms with van der Waals surface area (Å²) in [6.45, 7) is 8.11. The molecule has 30 heteroatoms. The average Bonchev–Trinajstić information content (AvgIpc) is 0.797. The van der Waals surface area contributed by atoms with Crippen molar-refractivity contribution in [3.8, 4) is 45.0 Å². The molecule has 0 radical (unpaired) electrons. The second kappa shape index (κ2) is 36.8. The normalized spacial score (nSPS) is 11.3. The Hall–Kier alpha value is -10.6. The van der Waals surface area contributed by atoms with E-state index in [-0.39, 0.29) is 47.7 Å². The molecule has 110 heavy (non-hydrogen) atoms. The van der Waals surface area contributed by atoms with Gasteiger partial charge in [0.25, 0.3) is 23.6 Å². The summed E-state index contributed by atoms with van der Waals surface area (Å²) in [5.74, 6) is -1.55. The number of anilines is 4. The molecular formula is C80H68Cl5N9O12S4. The third-order valence-electron chi connectivity index (χ3n) is 16.1. The number of nitrogens with one attached hydrogen (secondary N) is 4. The molecule has 0 aliphatic heterocycles. The van der Waals surface area contributed by atoms with Crippen molar-refractivity contribution < 1.29 is 52.8 Å². The van der Waals surface area contributed by atoms with E-state index >= 15 is 0 Å². The second-order valence-corrected chi connectivity index (χ2v) is 35.7. The number of halogens is 5. The van der Waals surface area contributed by atoms with E-state index in [1.165, 1.54) is 79.0 Å². The zero-order chi connectivity index (χ0) is 79.8. The van der Waals surface area contributed by atoms with Gasteiger partial charge in [-0.05, 0) is 234 Å². The van der Waals surface area contributed by atoms with Gasteiger partial charge in [0.1, 0.15) is 0 Å². The number of nitrogens with zero attached hydrogens (tertiary/aromatic N) is 5. The lowest BCUT2D eigenvalue weighted by Gasteiger charge is -2.12. The third-order valence-corrected chi connectivity index (χ3v) is 24.2. The van der Waals surface area contributed by atoms with Crippen LogP contribution in [0.2, 0.25) is 25.1 Å². The van der Waals surface area contributed by atoms with Crippen LogP contribution in [0.25, 0.3) is 45.0 Å². The second-order valence-electron chi connectivity index (χ2n) is 24.7. The van der Waals surface area contributed by atoms with Gasteiger partial charge in [-0.3, -0.25) is 39.1 Å². The maximum absolute atomic E-state index is 12.7. The number of carbonyl (C=O) groups is 4. The number of aromatic nitrogens is 5. The van der Waals surface area contributed by atoms with Crippen molar-refractivity contribution >= 4 is 144 Å². The fourth-order valence-corrected chi connectivity index (χ4v) is 14.7. The highest BCUT2D eigenvalue weighted by Crippen LogP contribution is 2.35. The van der Waals surface area contributed by atoms with E-state index in [9.17, 15) is 52.8 Å². The number of sulfone groups is 4. The number of carbonyl (C=O) groups excluding carboxylic acids is 4. The summed E-state index contributed by atoms with van der Waals surface area (Å²) in [7, 11) is -13.6. The van der Waals surface area contributed by atoms with E-state index in [2.05, 4.69) is 46.2 Å². The lowest BCUT2D eigenvalue weighted by Crippen LogP contribution is -2.16. The molecule has 12 rings (SSSR count). The minimum atomic E-state index is -3.48. The van der Waals surface area contributed by atoms with Crippen molar-refractivity contribution in [1.29, 1.82) is 0 Å². The SMILES string of the molecule is CC(C)S(=O)(=O)c1ccc(C(=O)Nc2ccc(Cl)c(-c3ccccn3)c2)c(Cl)c1.CC(C)S(=O)(=O)c1ccc(C(=O)Nc2ccc(Cl)c(-c3ccccn3)c2)cc1.CS(=O)(=O)c1ccc(C(=O)Nc2ccc(Cl)c(-c3ccccn3)c2)cn1.Cc1cc(S(C)(=O)=O)ccc1C(=O)Nc1ccc(Cl)c(-c2ccccn2)c1. The van der Waals surface area contributed by atoms with Crippen molar-refractivity contribution in [2.75, 3.05) is 33.8 Å². The molecule has 0 saturated heterocycles. The lowest BCUT2D eigenvalue weighted by molar-refractivity contribution is 0.101. The van der Waals surface area contributed by atoms with Crippen molar-refractivity contribution in [3.05, 3.63) is 302 Å². The molecule has 0 aliphatic rings. The number of amides is 4. The molecule has 4 N–H and O–H groups in total. The predicted octanol–water partition coefficient (Wildman–Crippen LogP) is 18.1. The van der Waals surface area contributed by atoms with Gasteiger partial charge in [0, 0.05) is 99.6 Å². The molecule has 0 aliphatic carbocycles. The van der Waals surface area contributed by atoms with Crippen molar-refractivity contribution in [2.24, 2.45) is 0 Å². The molecule has 21 nitrogen and oxygen atoms in total. The van der Waals surface area contributed by atoms with Crippen LogP contribution < -0.4 is 21.3 Å². The Balaban J connectivity index is 0.000000169. The quantitative estimate of drug-likeness (QED) is 0.0620. The highest BCUT2D eigenvalue weighted by molar-refractivity contribution is 7.92. The highest BCUT2D eigenvalue weighted by atomic mass is 35.5. The highest BCUT2D eigenvalue weighted by Gasteiger charge is 2.24. The van der Waals surface area contributed by atoms with Gasteiger partial charge in [-0.2, -0.15) is 0 Å². The first kappa shape index (κ1) is 83.5. The van der Waals surface area contributed by atoms with E-state index in [0.717, 1.165) is 12.5 Å². The summed E-state index contributed by atoms with van der Waals surface area (Å²) in [5, 5.41) is 12.1. The van der Waals surface area contributed by atoms with Gasteiger partial charge in [0.05, 0.1) is 84.2 Å². The Morgan fingerprint density at radius 1 is 0.327 bits per heavy atom. The molecule has 0 atom stereocenters. The lowest BCUT2D eigenvalue weighted by atomic mass is 10.1. The summed E-state index contributed by atoms with van der Waals surface area (Å²) >= 11 is 31.2. The minimum absolute atomic E-state index is 0.0585. The first-order valence-electron chi connectivity index (χ1n) is 33.0. The van der Waals surface area contributed by atoms with Crippen LogP contribution in [0.5, 0.6) is 0 Å². The number of aryl methyl sites for hydroxylation is 1. The van der Waals surface area contributed by atoms with E-state index in [4.69, 9.17) is 58.0 Å². The molecule has 5 heterocycles. The number of hydrogen-bond donors (Lipinski definition) is 4. The van der Waals surface area contributed by atoms with E-state index in [1.54, 1.807) is 144 Å². The van der Waals surface area contributed by atoms with Crippen molar-refractivity contribution in [3.63, 3.8) is 0 Å². The maximum Gasteiger partial charge on any atom is 0.257 e. The zero-order valence-corrected chi connectivity index (χ0v) is 66.5. The van der Waals surface area contributed by atoms with Crippen LogP contribution in [-0.4, -0.2) is 105 Å². The standard InChI is InChI=1S/C21H18Cl2N2O3S.C21H19ClN2O3S.C20H17ClN2O3S.C18H14ClN3O3S/c1-13(2)29(27,28)15-7-8-16(19(23)12-15)21(26)25-14-6-9-18(22)17(11-14)20-5-3-4-10-24-20;1-14(2)28(26,27)17-9-6-15(7-10-17)21(25)24-16-8-11-19(22)18(13-16)20-5-3-4-12-23-20;1-13-11-15(27(2,25)26)7-8-16(13)20(24)23-14-6-9-18(21)17(12-14)19-5-3-4-10-22-19;1-26(24,25)17-8-5-12(11-21-17)18(23)22-13-6-7-15(19)14(10-13)16-4-2-3-9-20-16/h3-13H,1-2H3,(H,25,26);3-14H,1-2H3,(H,24,25);3-12H,1-2H3,(H,23,24);2-11H,1H3,(H,22,23). The van der Waals surface area contributed by atoms with Crippen LogP contribution >= 0.6 is 58.0 Å². The Bertz CT molecular complexity index is 5870. The van der Waals surface area contributed by atoms with Gasteiger partial charge in [0.15, 0.2) is 44.4 Å². The summed E-state index contributed by atoms with van der Waals surface area (Å²) < 4.78 is 95.1. The maximum atomic E-state index is 12.7. The van der Waals surface area contributed by atoms with Gasteiger partial charge >= 0.3 is 0 Å². The van der Waals surface area contributed by atoms with E-state index < -0.39 is 61.7 Å². The van der Waals surface area contributed by atoms with Crippen molar-refractivity contribution in [2.45, 2.75) is 64.8 Å². The molecule has 4 amide bonds. The molecule has 0 fully saturated rings. The summed E-state index contributed by atoms with van der Waals surface area (Å²) in [6.07, 6.45) is 10.1. The smallest absolute Gasteiger partial charge is 0.257 e. The molecule has 12 aromatic rings. The van der Waals surface area contributed by atoms with Crippen LogP contribution in [0.1, 0.15) is 74.7 Å². The van der Waals surface area contributed by atoms with Crippen LogP contribution in [0, 0.1) is 6.92 Å². The predicted molar refractivity (Wildman–Crippen MR) is 435 cm³/mol. The Morgan fingerprint density at radius 2 is 0.664 bits per heavy atom. The number of pyridine rings is 5.